The van der Waals surface area contributed by atoms with Crippen LogP contribution in [0.25, 0.3) is 6.08 Å². The lowest BCUT2D eigenvalue weighted by atomic mass is 9.77. The number of hydrogen-bond acceptors (Lipinski definition) is 2. The number of carbonyl (C=O) groups excluding carboxylic acids is 1. The van der Waals surface area contributed by atoms with Gasteiger partial charge in [0.2, 0.25) is 0 Å². The molecule has 2 atom stereocenters. The standard InChI is InChI=1S/C22H21ClN2O/c23-15-20(26)25-22(17-10-5-2-6-11-17)19-13-7-12-18(21(19)24-25)14-16-8-3-1-4-9-16/h1-6,8-11,14,19,22H,7,12-13,15H2/b18-14-. The second-order valence-electron chi connectivity index (χ2n) is 6.79. The molecule has 4 heteroatoms. The zero-order valence-electron chi connectivity index (χ0n) is 14.5. The summed E-state index contributed by atoms with van der Waals surface area (Å²) in [5.74, 6) is 0.0413. The lowest BCUT2D eigenvalue weighted by Gasteiger charge is -2.29. The molecule has 1 fully saturated rings. The number of halogens is 1. The highest BCUT2D eigenvalue weighted by atomic mass is 35.5. The van der Waals surface area contributed by atoms with Crippen LogP contribution in [0.1, 0.15) is 36.4 Å². The number of nitrogens with zero attached hydrogens (tertiary/aromatic N) is 2. The van der Waals surface area contributed by atoms with Crippen LogP contribution in [0, 0.1) is 5.92 Å². The van der Waals surface area contributed by atoms with E-state index in [-0.39, 0.29) is 23.7 Å². The summed E-state index contributed by atoms with van der Waals surface area (Å²) in [6, 6.07) is 20.4. The lowest BCUT2D eigenvalue weighted by Crippen LogP contribution is -2.32. The van der Waals surface area contributed by atoms with E-state index in [9.17, 15) is 4.79 Å². The van der Waals surface area contributed by atoms with Gasteiger partial charge in [0, 0.05) is 5.92 Å². The van der Waals surface area contributed by atoms with Crippen LogP contribution in [0.5, 0.6) is 0 Å². The van der Waals surface area contributed by atoms with Gasteiger partial charge in [-0.1, -0.05) is 60.7 Å². The Kier molecular flexibility index (Phi) is 4.89. The zero-order valence-corrected chi connectivity index (χ0v) is 15.3. The van der Waals surface area contributed by atoms with Gasteiger partial charge >= 0.3 is 0 Å². The van der Waals surface area contributed by atoms with E-state index >= 15 is 0 Å². The van der Waals surface area contributed by atoms with Crippen LogP contribution in [0.3, 0.4) is 0 Å². The van der Waals surface area contributed by atoms with E-state index in [1.54, 1.807) is 5.01 Å². The van der Waals surface area contributed by atoms with Gasteiger partial charge in [0.1, 0.15) is 5.88 Å². The molecule has 2 aromatic carbocycles. The van der Waals surface area contributed by atoms with Gasteiger partial charge in [0.05, 0.1) is 11.8 Å². The molecule has 3 nitrogen and oxygen atoms in total. The predicted octanol–water partition coefficient (Wildman–Crippen LogP) is 5.05. The third kappa shape index (κ3) is 3.19. The van der Waals surface area contributed by atoms with Gasteiger partial charge in [-0.2, -0.15) is 5.10 Å². The SMILES string of the molecule is O=C(CCl)N1N=C2/C(=C\c3ccccc3)CCCC2C1c1ccccc1. The number of allylic oxidation sites excluding steroid dienone is 1. The van der Waals surface area contributed by atoms with Crippen molar-refractivity contribution in [1.82, 2.24) is 5.01 Å². The van der Waals surface area contributed by atoms with Crippen LogP contribution < -0.4 is 0 Å². The molecular formula is C22H21ClN2O. The van der Waals surface area contributed by atoms with Crippen molar-refractivity contribution in [3.63, 3.8) is 0 Å². The fraction of sp³-hybridized carbons (Fsp3) is 0.273. The number of benzene rings is 2. The second kappa shape index (κ2) is 7.46. The molecule has 4 rings (SSSR count). The monoisotopic (exact) mass is 364 g/mol. The van der Waals surface area contributed by atoms with E-state index in [1.165, 1.54) is 11.1 Å². The highest BCUT2D eigenvalue weighted by Gasteiger charge is 2.43. The van der Waals surface area contributed by atoms with Crippen molar-refractivity contribution in [3.8, 4) is 0 Å². The highest BCUT2D eigenvalue weighted by molar-refractivity contribution is 6.27. The van der Waals surface area contributed by atoms with Crippen LogP contribution in [-0.2, 0) is 4.79 Å². The van der Waals surface area contributed by atoms with E-state index in [4.69, 9.17) is 16.7 Å². The summed E-state index contributed by atoms with van der Waals surface area (Å²) >= 11 is 5.87. The molecule has 0 saturated heterocycles. The van der Waals surface area contributed by atoms with Crippen molar-refractivity contribution in [1.29, 1.82) is 0 Å². The van der Waals surface area contributed by atoms with Crippen molar-refractivity contribution in [2.45, 2.75) is 25.3 Å². The largest absolute Gasteiger partial charge is 0.272 e. The maximum absolute atomic E-state index is 12.5. The first kappa shape index (κ1) is 17.0. The molecule has 0 N–H and O–H groups in total. The number of hydrogen-bond donors (Lipinski definition) is 0. The average Bonchev–Trinajstić information content (AvgIpc) is 3.09. The summed E-state index contributed by atoms with van der Waals surface area (Å²) in [5, 5.41) is 6.38. The van der Waals surface area contributed by atoms with Gasteiger partial charge in [0.15, 0.2) is 0 Å². The number of hydrazone groups is 1. The first-order chi connectivity index (χ1) is 12.8. The van der Waals surface area contributed by atoms with Crippen molar-refractivity contribution in [2.24, 2.45) is 11.0 Å². The van der Waals surface area contributed by atoms with E-state index in [0.29, 0.717) is 0 Å². The summed E-state index contributed by atoms with van der Waals surface area (Å²) in [5.41, 5.74) is 4.57. The second-order valence-corrected chi connectivity index (χ2v) is 7.06. The molecule has 132 valence electrons. The van der Waals surface area contributed by atoms with Crippen LogP contribution in [0.2, 0.25) is 0 Å². The Labute approximate surface area is 159 Å². The molecule has 0 spiro atoms. The van der Waals surface area contributed by atoms with E-state index < -0.39 is 0 Å². The van der Waals surface area contributed by atoms with Crippen LogP contribution in [-0.4, -0.2) is 22.5 Å². The van der Waals surface area contributed by atoms with Gasteiger partial charge in [-0.3, -0.25) is 4.79 Å². The molecular weight excluding hydrogens is 344 g/mol. The summed E-state index contributed by atoms with van der Waals surface area (Å²) in [4.78, 5) is 12.5. The first-order valence-electron chi connectivity index (χ1n) is 9.05. The molecule has 26 heavy (non-hydrogen) atoms. The third-order valence-corrected chi connectivity index (χ3v) is 5.38. The highest BCUT2D eigenvalue weighted by Crippen LogP contribution is 2.44. The minimum atomic E-state index is -0.138. The Balaban J connectivity index is 1.74. The Hall–Kier alpha value is -2.39. The van der Waals surface area contributed by atoms with Gasteiger partial charge in [0.25, 0.3) is 5.91 Å². The van der Waals surface area contributed by atoms with Crippen LogP contribution in [0.4, 0.5) is 0 Å². The number of amides is 1. The molecule has 1 saturated carbocycles. The maximum atomic E-state index is 12.5. The molecule has 1 aliphatic carbocycles. The van der Waals surface area contributed by atoms with Gasteiger partial charge in [-0.05, 0) is 42.0 Å². The Morgan fingerprint density at radius 1 is 1.12 bits per heavy atom. The smallest absolute Gasteiger partial charge is 0.258 e. The molecule has 2 aromatic rings. The number of alkyl halides is 1. The molecule has 0 aromatic heterocycles. The molecule has 1 amide bonds. The van der Waals surface area contributed by atoms with Crippen LogP contribution >= 0.6 is 11.6 Å². The Morgan fingerprint density at radius 3 is 2.50 bits per heavy atom. The topological polar surface area (TPSA) is 32.7 Å². The number of carbonyl (C=O) groups is 1. The molecule has 2 unspecified atom stereocenters. The quantitative estimate of drug-likeness (QED) is 0.701. The summed E-state index contributed by atoms with van der Waals surface area (Å²) < 4.78 is 0. The van der Waals surface area contributed by atoms with E-state index in [1.807, 2.05) is 36.4 Å². The summed E-state index contributed by atoms with van der Waals surface area (Å²) in [7, 11) is 0. The average molecular weight is 365 g/mol. The lowest BCUT2D eigenvalue weighted by molar-refractivity contribution is -0.130. The van der Waals surface area contributed by atoms with Gasteiger partial charge < -0.3 is 0 Å². The van der Waals surface area contributed by atoms with E-state index in [2.05, 4.69) is 30.3 Å². The first-order valence-corrected chi connectivity index (χ1v) is 9.59. The zero-order chi connectivity index (χ0) is 17.9. The Morgan fingerprint density at radius 2 is 1.81 bits per heavy atom. The van der Waals surface area contributed by atoms with Crippen molar-refractivity contribution >= 4 is 29.3 Å². The normalized spacial score (nSPS) is 23.7. The number of rotatable bonds is 3. The van der Waals surface area contributed by atoms with Crippen LogP contribution in [0.15, 0.2) is 71.3 Å². The third-order valence-electron chi connectivity index (χ3n) is 5.15. The van der Waals surface area contributed by atoms with Crippen molar-refractivity contribution < 1.29 is 4.79 Å². The molecule has 1 heterocycles. The molecule has 0 radical (unpaired) electrons. The summed E-state index contributed by atoms with van der Waals surface area (Å²) in [6.07, 6.45) is 5.35. The van der Waals surface area contributed by atoms with Gasteiger partial charge in [-0.25, -0.2) is 5.01 Å². The summed E-state index contributed by atoms with van der Waals surface area (Å²) in [6.45, 7) is 0. The maximum Gasteiger partial charge on any atom is 0.258 e. The van der Waals surface area contributed by atoms with E-state index in [0.717, 1.165) is 30.5 Å². The minimum Gasteiger partial charge on any atom is -0.272 e. The van der Waals surface area contributed by atoms with Gasteiger partial charge in [-0.15, -0.1) is 11.6 Å². The van der Waals surface area contributed by atoms with Crippen molar-refractivity contribution in [3.05, 3.63) is 77.4 Å². The Bertz CT molecular complexity index is 845. The fourth-order valence-corrected chi connectivity index (χ4v) is 4.12. The van der Waals surface area contributed by atoms with Crippen molar-refractivity contribution in [2.75, 3.05) is 5.88 Å². The minimum absolute atomic E-state index is 0.0510. The molecule has 2 aliphatic rings. The molecule has 0 bridgehead atoms. The molecule has 1 aliphatic heterocycles. The fourth-order valence-electron chi connectivity index (χ4n) is 4.00. The predicted molar refractivity (Wildman–Crippen MR) is 106 cm³/mol. The number of fused-ring (bicyclic) bond motifs is 1.